The molecule has 0 radical (unpaired) electrons. The molecule has 0 fully saturated rings. The van der Waals surface area contributed by atoms with Gasteiger partial charge in [-0.2, -0.15) is 0 Å². The number of nitrogen functional groups attached to an aromatic ring is 1. The van der Waals surface area contributed by atoms with Crippen LogP contribution in [0.4, 0.5) is 10.2 Å². The number of nitrogens with two attached hydrogens (primary N) is 1. The molecule has 4 rings (SSSR count). The number of pyridine rings is 1. The number of benzene rings is 1. The normalized spacial score (nSPS) is 13.2. The molecule has 2 aromatic heterocycles. The van der Waals surface area contributed by atoms with E-state index in [9.17, 15) is 9.18 Å². The first-order valence-electron chi connectivity index (χ1n) is 10.1. The van der Waals surface area contributed by atoms with Crippen LogP contribution in [-0.2, 0) is 24.5 Å². The van der Waals surface area contributed by atoms with Crippen molar-refractivity contribution in [2.24, 2.45) is 0 Å². The van der Waals surface area contributed by atoms with Gasteiger partial charge in [0.25, 0.3) is 5.91 Å². The fourth-order valence-electron chi connectivity index (χ4n) is 4.04. The number of halogens is 2. The van der Waals surface area contributed by atoms with Crippen LogP contribution in [-0.4, -0.2) is 26.8 Å². The van der Waals surface area contributed by atoms with E-state index < -0.39 is 0 Å². The third-order valence-corrected chi connectivity index (χ3v) is 6.23. The Morgan fingerprint density at radius 2 is 2.03 bits per heavy atom. The van der Waals surface area contributed by atoms with Crippen molar-refractivity contribution in [2.75, 3.05) is 5.73 Å². The van der Waals surface area contributed by atoms with Gasteiger partial charge < -0.3 is 20.4 Å². The first-order chi connectivity index (χ1) is 14.4. The molecule has 1 amide bonds. The molecule has 30 heavy (non-hydrogen) atoms. The second-order valence-corrected chi connectivity index (χ2v) is 8.44. The average molecular weight is 475 g/mol. The standard InChI is InChI=1S/C22H24BrFN4O2/c1-3-14(4-2)28(9-12-5-6-13(23)7-17(12)24)22(29)19-8-18-20(26-19)15-10-30-11-16(15)21(25)27-18/h5-8,14,26H,3-4,9-11H2,1-2H3,(H2,25,27). The highest BCUT2D eigenvalue weighted by Gasteiger charge is 2.27. The van der Waals surface area contributed by atoms with Crippen LogP contribution in [0.15, 0.2) is 28.7 Å². The lowest BCUT2D eigenvalue weighted by atomic mass is 10.1. The molecule has 0 spiro atoms. The third-order valence-electron chi connectivity index (χ3n) is 5.74. The molecule has 1 aliphatic heterocycles. The second kappa shape index (κ2) is 8.35. The number of nitrogens with zero attached hydrogens (tertiary/aromatic N) is 2. The van der Waals surface area contributed by atoms with Crippen LogP contribution in [0.1, 0.15) is 53.9 Å². The molecule has 0 unspecified atom stereocenters. The van der Waals surface area contributed by atoms with Crippen molar-refractivity contribution in [3.8, 4) is 0 Å². The van der Waals surface area contributed by atoms with Gasteiger partial charge in [-0.25, -0.2) is 9.37 Å². The van der Waals surface area contributed by atoms with Crippen LogP contribution >= 0.6 is 15.9 Å². The van der Waals surface area contributed by atoms with E-state index in [0.717, 1.165) is 29.5 Å². The minimum absolute atomic E-state index is 0.0148. The molecule has 0 aliphatic carbocycles. The monoisotopic (exact) mass is 474 g/mol. The van der Waals surface area contributed by atoms with E-state index in [0.29, 0.717) is 40.3 Å². The highest BCUT2D eigenvalue weighted by Crippen LogP contribution is 2.31. The fourth-order valence-corrected chi connectivity index (χ4v) is 4.37. The van der Waals surface area contributed by atoms with Gasteiger partial charge in [0, 0.05) is 33.7 Å². The number of aromatic amines is 1. The Kier molecular flexibility index (Phi) is 5.79. The minimum Gasteiger partial charge on any atom is -0.383 e. The smallest absolute Gasteiger partial charge is 0.270 e. The van der Waals surface area contributed by atoms with Gasteiger partial charge in [-0.15, -0.1) is 0 Å². The number of nitrogens with one attached hydrogen (secondary N) is 1. The summed E-state index contributed by atoms with van der Waals surface area (Å²) < 4.78 is 20.7. The Hall–Kier alpha value is -2.45. The van der Waals surface area contributed by atoms with E-state index in [1.807, 2.05) is 13.8 Å². The number of carbonyl (C=O) groups is 1. The predicted molar refractivity (Wildman–Crippen MR) is 117 cm³/mol. The van der Waals surface area contributed by atoms with Gasteiger partial charge in [0.05, 0.1) is 24.2 Å². The molecule has 3 aromatic rings. The SMILES string of the molecule is CCC(CC)N(Cc1ccc(Br)cc1F)C(=O)c1cc2nc(N)c3c(c2[nH]1)COC3. The van der Waals surface area contributed by atoms with Crippen molar-refractivity contribution < 1.29 is 13.9 Å². The lowest BCUT2D eigenvalue weighted by Crippen LogP contribution is -2.39. The van der Waals surface area contributed by atoms with Crippen LogP contribution in [0.2, 0.25) is 0 Å². The summed E-state index contributed by atoms with van der Waals surface area (Å²) in [6.07, 6.45) is 1.55. The lowest BCUT2D eigenvalue weighted by molar-refractivity contribution is 0.0642. The molecule has 0 saturated carbocycles. The van der Waals surface area contributed by atoms with Gasteiger partial charge in [-0.1, -0.05) is 35.8 Å². The summed E-state index contributed by atoms with van der Waals surface area (Å²) in [5.74, 6) is -0.0915. The van der Waals surface area contributed by atoms with Gasteiger partial charge in [0.1, 0.15) is 17.3 Å². The number of amides is 1. The molecule has 0 saturated heterocycles. The van der Waals surface area contributed by atoms with Gasteiger partial charge in [0.15, 0.2) is 0 Å². The van der Waals surface area contributed by atoms with Crippen LogP contribution in [0, 0.1) is 5.82 Å². The number of ether oxygens (including phenoxy) is 1. The Balaban J connectivity index is 1.73. The summed E-state index contributed by atoms with van der Waals surface area (Å²) in [5, 5.41) is 0. The zero-order chi connectivity index (χ0) is 21.4. The molecule has 3 heterocycles. The molecular weight excluding hydrogens is 451 g/mol. The Labute approximate surface area is 182 Å². The highest BCUT2D eigenvalue weighted by atomic mass is 79.9. The number of carbonyl (C=O) groups excluding carboxylic acids is 1. The van der Waals surface area contributed by atoms with E-state index in [2.05, 4.69) is 25.9 Å². The summed E-state index contributed by atoms with van der Waals surface area (Å²) >= 11 is 3.28. The molecule has 3 N–H and O–H groups in total. The van der Waals surface area contributed by atoms with Gasteiger partial charge >= 0.3 is 0 Å². The molecule has 158 valence electrons. The van der Waals surface area contributed by atoms with Crippen LogP contribution < -0.4 is 5.73 Å². The van der Waals surface area contributed by atoms with E-state index in [-0.39, 0.29) is 24.3 Å². The number of hydrogen-bond acceptors (Lipinski definition) is 4. The predicted octanol–water partition coefficient (Wildman–Crippen LogP) is 4.91. The Morgan fingerprint density at radius 1 is 1.30 bits per heavy atom. The molecule has 1 aliphatic rings. The van der Waals surface area contributed by atoms with Crippen LogP contribution in [0.3, 0.4) is 0 Å². The summed E-state index contributed by atoms with van der Waals surface area (Å²) in [5.41, 5.74) is 10.2. The quantitative estimate of drug-likeness (QED) is 0.531. The second-order valence-electron chi connectivity index (χ2n) is 7.53. The van der Waals surface area contributed by atoms with E-state index in [1.165, 1.54) is 6.07 Å². The summed E-state index contributed by atoms with van der Waals surface area (Å²) in [6, 6.07) is 6.62. The van der Waals surface area contributed by atoms with Crippen molar-refractivity contribution in [3.05, 3.63) is 56.9 Å². The minimum atomic E-state index is -0.339. The third kappa shape index (κ3) is 3.70. The molecule has 1 aromatic carbocycles. The highest BCUT2D eigenvalue weighted by molar-refractivity contribution is 9.10. The Bertz CT molecular complexity index is 1110. The number of hydrogen-bond donors (Lipinski definition) is 2. The largest absolute Gasteiger partial charge is 0.383 e. The van der Waals surface area contributed by atoms with E-state index in [4.69, 9.17) is 10.5 Å². The number of H-pyrrole nitrogens is 1. The zero-order valence-electron chi connectivity index (χ0n) is 17.0. The van der Waals surface area contributed by atoms with E-state index >= 15 is 0 Å². The summed E-state index contributed by atoms with van der Waals surface area (Å²) in [4.78, 5) is 22.9. The van der Waals surface area contributed by atoms with Crippen molar-refractivity contribution in [1.82, 2.24) is 14.9 Å². The number of fused-ring (bicyclic) bond motifs is 3. The zero-order valence-corrected chi connectivity index (χ0v) is 18.6. The van der Waals surface area contributed by atoms with Crippen LogP contribution in [0.25, 0.3) is 11.0 Å². The maximum absolute atomic E-state index is 14.5. The average Bonchev–Trinajstić information content (AvgIpc) is 3.36. The van der Waals surface area contributed by atoms with Crippen molar-refractivity contribution >= 4 is 38.7 Å². The lowest BCUT2D eigenvalue weighted by Gasteiger charge is -2.30. The topological polar surface area (TPSA) is 84.2 Å². The molecule has 8 heteroatoms. The van der Waals surface area contributed by atoms with Crippen molar-refractivity contribution in [2.45, 2.75) is 52.5 Å². The maximum Gasteiger partial charge on any atom is 0.270 e. The summed E-state index contributed by atoms with van der Waals surface area (Å²) in [7, 11) is 0. The fraction of sp³-hybridized carbons (Fsp3) is 0.364. The van der Waals surface area contributed by atoms with E-state index in [1.54, 1.807) is 23.1 Å². The van der Waals surface area contributed by atoms with Gasteiger partial charge in [-0.05, 0) is 31.0 Å². The maximum atomic E-state index is 14.5. The molecular formula is C22H24BrFN4O2. The van der Waals surface area contributed by atoms with Crippen molar-refractivity contribution in [3.63, 3.8) is 0 Å². The Morgan fingerprint density at radius 3 is 2.73 bits per heavy atom. The molecule has 6 nitrogen and oxygen atoms in total. The first-order valence-corrected chi connectivity index (χ1v) is 10.8. The summed E-state index contributed by atoms with van der Waals surface area (Å²) in [6.45, 7) is 5.12. The number of anilines is 1. The molecule has 0 bridgehead atoms. The molecule has 0 atom stereocenters. The first kappa shape index (κ1) is 20.8. The van der Waals surface area contributed by atoms with Crippen molar-refractivity contribution in [1.29, 1.82) is 0 Å². The van der Waals surface area contributed by atoms with Gasteiger partial charge in [0.2, 0.25) is 0 Å². The number of rotatable bonds is 6. The number of aromatic nitrogens is 2. The van der Waals surface area contributed by atoms with Crippen LogP contribution in [0.5, 0.6) is 0 Å². The van der Waals surface area contributed by atoms with Gasteiger partial charge in [-0.3, -0.25) is 4.79 Å².